The fourth-order valence-electron chi connectivity index (χ4n) is 2.34. The van der Waals surface area contributed by atoms with E-state index in [-0.39, 0.29) is 0 Å². The molecule has 1 heterocycles. The van der Waals surface area contributed by atoms with Gasteiger partial charge in [0.05, 0.1) is 5.69 Å². The summed E-state index contributed by atoms with van der Waals surface area (Å²) in [5, 5.41) is 0. The van der Waals surface area contributed by atoms with E-state index in [1.165, 1.54) is 5.56 Å². The van der Waals surface area contributed by atoms with Crippen LogP contribution in [0.3, 0.4) is 0 Å². The molecule has 110 valence electrons. The van der Waals surface area contributed by atoms with Crippen LogP contribution in [-0.2, 0) is 0 Å². The molecule has 0 fully saturated rings. The quantitative estimate of drug-likeness (QED) is 0.576. The zero-order chi connectivity index (χ0) is 15.4. The number of hydrogen-bond donors (Lipinski definition) is 0. The Balaban J connectivity index is 1.74. The van der Waals surface area contributed by atoms with Gasteiger partial charge >= 0.3 is 0 Å². The molecule has 0 unspecified atom stereocenters. The number of benzene rings is 2. The highest BCUT2D eigenvalue weighted by molar-refractivity contribution is 5.81. The second kappa shape index (κ2) is 6.44. The molecule has 0 N–H and O–H groups in total. The molecular weight excluding hydrogens is 268 g/mol. The zero-order valence-corrected chi connectivity index (χ0v) is 13.0. The molecule has 3 aromatic rings. The van der Waals surface area contributed by atoms with Gasteiger partial charge in [-0.15, -0.1) is 0 Å². The number of aliphatic imine (C=N–C) groups is 1. The lowest BCUT2D eigenvalue weighted by atomic mass is 10.0. The molecule has 1 aromatic heterocycles. The molecule has 2 aromatic carbocycles. The zero-order valence-electron chi connectivity index (χ0n) is 13.0. The molecule has 0 saturated carbocycles. The summed E-state index contributed by atoms with van der Waals surface area (Å²) < 4.78 is 2.10. The Labute approximate surface area is 131 Å². The third kappa shape index (κ3) is 3.34. The minimum atomic E-state index is 0.554. The van der Waals surface area contributed by atoms with Crippen LogP contribution < -0.4 is 0 Å². The summed E-state index contributed by atoms with van der Waals surface area (Å²) in [6, 6.07) is 20.8. The summed E-state index contributed by atoms with van der Waals surface area (Å²) in [6.45, 7) is 4.40. The molecule has 0 spiro atoms. The van der Waals surface area contributed by atoms with E-state index in [1.54, 1.807) is 0 Å². The fourth-order valence-corrected chi connectivity index (χ4v) is 2.34. The largest absolute Gasteiger partial charge is 0.323 e. The molecule has 0 bridgehead atoms. The van der Waals surface area contributed by atoms with E-state index in [2.05, 4.69) is 78.3 Å². The van der Waals surface area contributed by atoms with E-state index in [0.29, 0.717) is 5.92 Å². The van der Waals surface area contributed by atoms with E-state index in [9.17, 15) is 0 Å². The van der Waals surface area contributed by atoms with Crippen LogP contribution in [0.4, 0.5) is 5.69 Å². The predicted octanol–water partition coefficient (Wildman–Crippen LogP) is 5.35. The van der Waals surface area contributed by atoms with E-state index >= 15 is 0 Å². The van der Waals surface area contributed by atoms with E-state index < -0.39 is 0 Å². The highest BCUT2D eigenvalue weighted by Crippen LogP contribution is 2.19. The molecule has 0 aliphatic rings. The molecular formula is C20H20N2. The van der Waals surface area contributed by atoms with Crippen molar-refractivity contribution in [2.45, 2.75) is 19.8 Å². The van der Waals surface area contributed by atoms with Gasteiger partial charge in [-0.25, -0.2) is 0 Å². The van der Waals surface area contributed by atoms with Crippen molar-refractivity contribution in [3.63, 3.8) is 0 Å². The first-order chi connectivity index (χ1) is 10.7. The summed E-state index contributed by atoms with van der Waals surface area (Å²) in [5.41, 5.74) is 4.58. The Morgan fingerprint density at radius 3 is 2.32 bits per heavy atom. The maximum atomic E-state index is 4.55. The van der Waals surface area contributed by atoms with Crippen LogP contribution in [0.1, 0.15) is 30.9 Å². The predicted molar refractivity (Wildman–Crippen MR) is 93.6 cm³/mol. The summed E-state index contributed by atoms with van der Waals surface area (Å²) in [4.78, 5) is 4.55. The Kier molecular flexibility index (Phi) is 4.19. The van der Waals surface area contributed by atoms with Crippen molar-refractivity contribution in [2.75, 3.05) is 0 Å². The van der Waals surface area contributed by atoms with Crippen molar-refractivity contribution in [3.05, 3.63) is 84.2 Å². The Hall–Kier alpha value is -2.61. The molecule has 0 aliphatic heterocycles. The van der Waals surface area contributed by atoms with Crippen LogP contribution in [0.25, 0.3) is 5.69 Å². The normalized spacial score (nSPS) is 11.4. The number of aromatic nitrogens is 1. The third-order valence-corrected chi connectivity index (χ3v) is 3.69. The van der Waals surface area contributed by atoms with E-state index in [4.69, 9.17) is 0 Å². The molecule has 3 rings (SSSR count). The molecule has 0 atom stereocenters. The summed E-state index contributed by atoms with van der Waals surface area (Å²) in [7, 11) is 0. The Bertz CT molecular complexity index is 750. The van der Waals surface area contributed by atoms with Crippen molar-refractivity contribution in [3.8, 4) is 5.69 Å². The van der Waals surface area contributed by atoms with E-state index in [1.807, 2.05) is 24.4 Å². The van der Waals surface area contributed by atoms with Gasteiger partial charge < -0.3 is 4.57 Å². The summed E-state index contributed by atoms with van der Waals surface area (Å²) in [6.07, 6.45) is 6.05. The lowest BCUT2D eigenvalue weighted by Crippen LogP contribution is -1.88. The van der Waals surface area contributed by atoms with Crippen molar-refractivity contribution < 1.29 is 0 Å². The number of para-hydroxylation sites is 1. The Morgan fingerprint density at radius 1 is 0.909 bits per heavy atom. The van der Waals surface area contributed by atoms with Crippen molar-refractivity contribution >= 4 is 11.9 Å². The average molecular weight is 288 g/mol. The highest BCUT2D eigenvalue weighted by atomic mass is 14.9. The van der Waals surface area contributed by atoms with Gasteiger partial charge in [0.2, 0.25) is 0 Å². The van der Waals surface area contributed by atoms with Gasteiger partial charge in [-0.1, -0.05) is 44.2 Å². The van der Waals surface area contributed by atoms with Crippen LogP contribution in [-0.4, -0.2) is 10.8 Å². The van der Waals surface area contributed by atoms with Gasteiger partial charge in [-0.05, 0) is 41.8 Å². The van der Waals surface area contributed by atoms with Gasteiger partial charge in [0, 0.05) is 29.9 Å². The van der Waals surface area contributed by atoms with Crippen LogP contribution in [0.2, 0.25) is 0 Å². The number of nitrogens with zero attached hydrogens (tertiary/aromatic N) is 2. The topological polar surface area (TPSA) is 17.3 Å². The molecule has 2 heteroatoms. The molecule has 0 aliphatic carbocycles. The van der Waals surface area contributed by atoms with Crippen LogP contribution in [0.5, 0.6) is 0 Å². The second-order valence-corrected chi connectivity index (χ2v) is 5.69. The minimum absolute atomic E-state index is 0.554. The van der Waals surface area contributed by atoms with Crippen molar-refractivity contribution in [1.29, 1.82) is 0 Å². The van der Waals surface area contributed by atoms with Crippen molar-refractivity contribution in [1.82, 2.24) is 4.57 Å². The highest BCUT2D eigenvalue weighted by Gasteiger charge is 1.99. The molecule has 2 nitrogen and oxygen atoms in total. The molecule has 0 amide bonds. The maximum Gasteiger partial charge on any atom is 0.0630 e. The second-order valence-electron chi connectivity index (χ2n) is 5.69. The minimum Gasteiger partial charge on any atom is -0.323 e. The van der Waals surface area contributed by atoms with Crippen LogP contribution >= 0.6 is 0 Å². The Morgan fingerprint density at radius 2 is 1.64 bits per heavy atom. The SMILES string of the molecule is CC(C)c1ccc(N=Cc2ccn(-c3ccccc3)c2)cc1. The summed E-state index contributed by atoms with van der Waals surface area (Å²) in [5.74, 6) is 0.554. The smallest absolute Gasteiger partial charge is 0.0630 e. The average Bonchev–Trinajstić information content (AvgIpc) is 3.03. The van der Waals surface area contributed by atoms with Crippen LogP contribution in [0.15, 0.2) is 78.0 Å². The first-order valence-electron chi connectivity index (χ1n) is 7.60. The molecule has 22 heavy (non-hydrogen) atoms. The van der Waals surface area contributed by atoms with Gasteiger partial charge in [-0.3, -0.25) is 4.99 Å². The lowest BCUT2D eigenvalue weighted by molar-refractivity contribution is 0.867. The van der Waals surface area contributed by atoms with Gasteiger partial charge in [0.15, 0.2) is 0 Å². The standard InChI is InChI=1S/C20H20N2/c1-16(2)18-8-10-19(11-9-18)21-14-17-12-13-22(15-17)20-6-4-3-5-7-20/h3-16H,1-2H3. The van der Waals surface area contributed by atoms with Gasteiger partial charge in [0.1, 0.15) is 0 Å². The molecule has 0 radical (unpaired) electrons. The fraction of sp³-hybridized carbons (Fsp3) is 0.150. The van der Waals surface area contributed by atoms with Crippen LogP contribution in [0, 0.1) is 0 Å². The van der Waals surface area contributed by atoms with Gasteiger partial charge in [-0.2, -0.15) is 0 Å². The van der Waals surface area contributed by atoms with E-state index in [0.717, 1.165) is 16.9 Å². The lowest BCUT2D eigenvalue weighted by Gasteiger charge is -2.04. The summed E-state index contributed by atoms with van der Waals surface area (Å²) >= 11 is 0. The number of hydrogen-bond acceptors (Lipinski definition) is 1. The number of rotatable bonds is 4. The first-order valence-corrected chi connectivity index (χ1v) is 7.60. The molecule has 0 saturated heterocycles. The third-order valence-electron chi connectivity index (χ3n) is 3.69. The van der Waals surface area contributed by atoms with Gasteiger partial charge in [0.25, 0.3) is 0 Å². The first kappa shape index (κ1) is 14.3. The maximum absolute atomic E-state index is 4.55. The monoisotopic (exact) mass is 288 g/mol. The van der Waals surface area contributed by atoms with Crippen molar-refractivity contribution in [2.24, 2.45) is 4.99 Å².